The zero-order valence-corrected chi connectivity index (χ0v) is 20.2. The largest absolute Gasteiger partial charge is 0.370 e. The van der Waals surface area contributed by atoms with Gasteiger partial charge in [-0.25, -0.2) is 0 Å². The Balaban J connectivity index is 2.18. The lowest BCUT2D eigenvalue weighted by Crippen LogP contribution is -2.45. The summed E-state index contributed by atoms with van der Waals surface area (Å²) in [4.78, 5) is 50.4. The van der Waals surface area contributed by atoms with Crippen molar-refractivity contribution in [2.45, 2.75) is 57.5 Å². The third-order valence-corrected chi connectivity index (χ3v) is 5.73. The zero-order valence-electron chi connectivity index (χ0n) is 20.2. The molecular weight excluding hydrogens is 444 g/mol. The van der Waals surface area contributed by atoms with Crippen LogP contribution in [-0.4, -0.2) is 42.1 Å². The van der Waals surface area contributed by atoms with E-state index in [-0.39, 0.29) is 30.4 Å². The van der Waals surface area contributed by atoms with E-state index in [1.807, 2.05) is 36.4 Å². The van der Waals surface area contributed by atoms with Crippen LogP contribution in [0.5, 0.6) is 0 Å². The van der Waals surface area contributed by atoms with Crippen LogP contribution < -0.4 is 22.1 Å². The minimum atomic E-state index is -0.794. The molecular formula is C27H36N4O4. The fraction of sp³-hybridized carbons (Fsp3) is 0.407. The topological polar surface area (TPSA) is 144 Å². The molecule has 0 spiro atoms. The molecule has 0 unspecified atom stereocenters. The molecule has 0 saturated carbocycles. The molecule has 2 aromatic rings. The quantitative estimate of drug-likeness (QED) is 0.289. The first-order chi connectivity index (χ1) is 16.8. The van der Waals surface area contributed by atoms with Crippen molar-refractivity contribution in [2.75, 3.05) is 6.54 Å². The molecule has 35 heavy (non-hydrogen) atoms. The number of carbonyl (C=O) groups excluding carboxylic acids is 4. The first-order valence-corrected chi connectivity index (χ1v) is 12.0. The summed E-state index contributed by atoms with van der Waals surface area (Å²) in [7, 11) is 0. The monoisotopic (exact) mass is 480 g/mol. The maximum absolute atomic E-state index is 13.4. The molecule has 8 nitrogen and oxygen atoms in total. The summed E-state index contributed by atoms with van der Waals surface area (Å²) >= 11 is 0. The minimum absolute atomic E-state index is 0.0129. The summed E-state index contributed by atoms with van der Waals surface area (Å²) in [6.07, 6.45) is 2.18. The number of hydrogen-bond acceptors (Lipinski definition) is 5. The smallest absolute Gasteiger partial charge is 0.251 e. The number of carbonyl (C=O) groups is 4. The van der Waals surface area contributed by atoms with Gasteiger partial charge in [0.2, 0.25) is 11.8 Å². The fourth-order valence-corrected chi connectivity index (χ4v) is 3.89. The molecule has 0 fully saturated rings. The Morgan fingerprint density at radius 1 is 0.857 bits per heavy atom. The van der Waals surface area contributed by atoms with Gasteiger partial charge >= 0.3 is 0 Å². The van der Waals surface area contributed by atoms with Gasteiger partial charge in [0.1, 0.15) is 0 Å². The lowest BCUT2D eigenvalue weighted by Gasteiger charge is -2.23. The van der Waals surface area contributed by atoms with Gasteiger partial charge in [-0.15, -0.1) is 0 Å². The summed E-state index contributed by atoms with van der Waals surface area (Å²) in [5.41, 5.74) is 12.2. The van der Waals surface area contributed by atoms with Crippen molar-refractivity contribution in [1.29, 1.82) is 0 Å². The maximum Gasteiger partial charge on any atom is 0.251 e. The van der Waals surface area contributed by atoms with Crippen LogP contribution >= 0.6 is 0 Å². The van der Waals surface area contributed by atoms with Crippen LogP contribution in [0.1, 0.15) is 54.9 Å². The standard InChI is InChI=1S/C27H36N4O4/c1-19(16-25(29)33)30-27(35)22(14-8-9-15-28)18-24(32)23(17-20-10-4-2-5-11-20)31-26(34)21-12-6-3-7-13-21/h2-7,10-13,19,22-23H,8-9,14-18,28H2,1H3,(H2,29,33)(H,30,35)(H,31,34)/t19-,22-,23+/m1/s1. The van der Waals surface area contributed by atoms with E-state index >= 15 is 0 Å². The van der Waals surface area contributed by atoms with E-state index in [0.717, 1.165) is 12.0 Å². The number of primary amides is 1. The van der Waals surface area contributed by atoms with Gasteiger partial charge in [0.05, 0.1) is 6.04 Å². The Hall–Kier alpha value is -3.52. The molecule has 0 aliphatic rings. The van der Waals surface area contributed by atoms with Crippen molar-refractivity contribution in [1.82, 2.24) is 10.6 Å². The first kappa shape index (κ1) is 27.7. The first-order valence-electron chi connectivity index (χ1n) is 12.0. The summed E-state index contributed by atoms with van der Waals surface area (Å²) in [5, 5.41) is 5.65. The van der Waals surface area contributed by atoms with Gasteiger partial charge in [-0.3, -0.25) is 19.2 Å². The van der Waals surface area contributed by atoms with Crippen molar-refractivity contribution >= 4 is 23.5 Å². The van der Waals surface area contributed by atoms with E-state index in [2.05, 4.69) is 10.6 Å². The summed E-state index contributed by atoms with van der Waals surface area (Å²) in [5.74, 6) is -2.00. The molecule has 0 radical (unpaired) electrons. The fourth-order valence-electron chi connectivity index (χ4n) is 3.89. The van der Waals surface area contributed by atoms with E-state index in [4.69, 9.17) is 11.5 Å². The highest BCUT2D eigenvalue weighted by atomic mass is 16.2. The van der Waals surface area contributed by atoms with E-state index in [1.165, 1.54) is 0 Å². The zero-order chi connectivity index (χ0) is 25.6. The molecule has 0 bridgehead atoms. The van der Waals surface area contributed by atoms with Gasteiger partial charge in [0.15, 0.2) is 5.78 Å². The van der Waals surface area contributed by atoms with Gasteiger partial charge in [0, 0.05) is 30.4 Å². The van der Waals surface area contributed by atoms with Crippen LogP contribution in [0, 0.1) is 5.92 Å². The molecule has 3 amide bonds. The normalized spacial score (nSPS) is 13.3. The Kier molecular flexibility index (Phi) is 11.6. The van der Waals surface area contributed by atoms with Crippen LogP contribution in [0.3, 0.4) is 0 Å². The predicted molar refractivity (Wildman–Crippen MR) is 135 cm³/mol. The van der Waals surface area contributed by atoms with Crippen LogP contribution in [-0.2, 0) is 20.8 Å². The number of nitrogens with one attached hydrogen (secondary N) is 2. The second-order valence-electron chi connectivity index (χ2n) is 8.81. The SMILES string of the molecule is C[C@H](CC(N)=O)NC(=O)[C@H](CCCCN)CC(=O)[C@H](Cc1ccccc1)NC(=O)c1ccccc1. The highest BCUT2D eigenvalue weighted by Crippen LogP contribution is 2.17. The molecule has 188 valence electrons. The van der Waals surface area contributed by atoms with Crippen molar-refractivity contribution in [3.8, 4) is 0 Å². The van der Waals surface area contributed by atoms with Gasteiger partial charge in [0.25, 0.3) is 5.91 Å². The summed E-state index contributed by atoms with van der Waals surface area (Å²) < 4.78 is 0. The maximum atomic E-state index is 13.4. The van der Waals surface area contributed by atoms with Gasteiger partial charge in [-0.2, -0.15) is 0 Å². The Morgan fingerprint density at radius 3 is 2.09 bits per heavy atom. The number of nitrogens with two attached hydrogens (primary N) is 2. The van der Waals surface area contributed by atoms with Crippen molar-refractivity contribution < 1.29 is 19.2 Å². The lowest BCUT2D eigenvalue weighted by atomic mass is 9.90. The molecule has 3 atom stereocenters. The van der Waals surface area contributed by atoms with Crippen LogP contribution in [0.2, 0.25) is 0 Å². The second kappa shape index (κ2) is 14.7. The predicted octanol–water partition coefficient (Wildman–Crippen LogP) is 2.11. The van der Waals surface area contributed by atoms with Crippen LogP contribution in [0.25, 0.3) is 0 Å². The highest BCUT2D eigenvalue weighted by molar-refractivity contribution is 5.98. The average molecular weight is 481 g/mol. The number of hydrogen-bond donors (Lipinski definition) is 4. The Bertz CT molecular complexity index is 966. The van der Waals surface area contributed by atoms with Crippen LogP contribution in [0.4, 0.5) is 0 Å². The van der Waals surface area contributed by atoms with E-state index in [1.54, 1.807) is 31.2 Å². The molecule has 6 N–H and O–H groups in total. The molecule has 2 rings (SSSR count). The number of Topliss-reactive ketones (excluding diaryl/α,β-unsaturated/α-hetero) is 1. The summed E-state index contributed by atoms with van der Waals surface area (Å²) in [6.45, 7) is 2.18. The molecule has 0 aromatic heterocycles. The number of rotatable bonds is 15. The lowest BCUT2D eigenvalue weighted by molar-refractivity contribution is -0.131. The minimum Gasteiger partial charge on any atom is -0.370 e. The van der Waals surface area contributed by atoms with E-state index < -0.39 is 23.9 Å². The molecule has 8 heteroatoms. The highest BCUT2D eigenvalue weighted by Gasteiger charge is 2.28. The average Bonchev–Trinajstić information content (AvgIpc) is 2.83. The number of unbranched alkanes of at least 4 members (excludes halogenated alkanes) is 1. The summed E-state index contributed by atoms with van der Waals surface area (Å²) in [6, 6.07) is 16.9. The van der Waals surface area contributed by atoms with Crippen molar-refractivity contribution in [3.63, 3.8) is 0 Å². The van der Waals surface area contributed by atoms with Crippen LogP contribution in [0.15, 0.2) is 60.7 Å². The molecule has 0 saturated heterocycles. The Morgan fingerprint density at radius 2 is 1.49 bits per heavy atom. The molecule has 2 aromatic carbocycles. The van der Waals surface area contributed by atoms with Crippen molar-refractivity contribution in [2.24, 2.45) is 17.4 Å². The number of amides is 3. The third-order valence-electron chi connectivity index (χ3n) is 5.73. The second-order valence-corrected chi connectivity index (χ2v) is 8.81. The number of benzene rings is 2. The molecule has 0 aliphatic carbocycles. The Labute approximate surface area is 206 Å². The van der Waals surface area contributed by atoms with Gasteiger partial charge in [-0.1, -0.05) is 55.0 Å². The van der Waals surface area contributed by atoms with E-state index in [9.17, 15) is 19.2 Å². The molecule has 0 aliphatic heterocycles. The number of ketones is 1. The van der Waals surface area contributed by atoms with E-state index in [0.29, 0.717) is 31.4 Å². The van der Waals surface area contributed by atoms with Crippen molar-refractivity contribution in [3.05, 3.63) is 71.8 Å². The molecule has 0 heterocycles. The van der Waals surface area contributed by atoms with Gasteiger partial charge < -0.3 is 22.1 Å². The third kappa shape index (κ3) is 10.1. The van der Waals surface area contributed by atoms with Gasteiger partial charge in [-0.05, 0) is 50.4 Å².